The van der Waals surface area contributed by atoms with Crippen molar-refractivity contribution in [3.63, 3.8) is 0 Å². The molecule has 0 bridgehead atoms. The molecule has 1 aromatic heterocycles. The Labute approximate surface area is 170 Å². The third kappa shape index (κ3) is 5.48. The molecule has 1 amide bonds. The van der Waals surface area contributed by atoms with Crippen LogP contribution in [-0.2, 0) is 6.54 Å². The predicted molar refractivity (Wildman–Crippen MR) is 110 cm³/mol. The Hall–Kier alpha value is -3.06. The van der Waals surface area contributed by atoms with Gasteiger partial charge in [-0.15, -0.1) is 0 Å². The molecule has 0 fully saturated rings. The lowest BCUT2D eigenvalue weighted by atomic mass is 10.0. The van der Waals surface area contributed by atoms with Crippen molar-refractivity contribution in [1.82, 2.24) is 25.0 Å². The van der Waals surface area contributed by atoms with Gasteiger partial charge in [-0.2, -0.15) is 5.10 Å². The Balaban J connectivity index is 1.65. The minimum Gasteiger partial charge on any atom is -0.348 e. The second kappa shape index (κ2) is 9.43. The summed E-state index contributed by atoms with van der Waals surface area (Å²) < 4.78 is 15.8. The fraction of sp³-hybridized carbons (Fsp3) is 0.318. The van der Waals surface area contributed by atoms with E-state index >= 15 is 0 Å². The van der Waals surface area contributed by atoms with E-state index in [1.54, 1.807) is 6.07 Å². The SMILES string of the molecule is CC(C)C(CN(C)Cc1ccccc1)NC(=O)c1ccc(-n2cncn2)c(F)c1. The molecule has 0 saturated heterocycles. The summed E-state index contributed by atoms with van der Waals surface area (Å²) in [5.74, 6) is -0.581. The van der Waals surface area contributed by atoms with Gasteiger partial charge in [0.1, 0.15) is 24.2 Å². The van der Waals surface area contributed by atoms with Crippen molar-refractivity contribution in [2.24, 2.45) is 5.92 Å². The van der Waals surface area contributed by atoms with Crippen LogP contribution in [0.15, 0.2) is 61.2 Å². The van der Waals surface area contributed by atoms with Crippen molar-refractivity contribution < 1.29 is 9.18 Å². The zero-order valence-electron chi connectivity index (χ0n) is 16.9. The summed E-state index contributed by atoms with van der Waals surface area (Å²) in [7, 11) is 2.03. The van der Waals surface area contributed by atoms with Gasteiger partial charge in [0.25, 0.3) is 5.91 Å². The predicted octanol–water partition coefficient (Wildman–Crippen LogP) is 3.29. The first kappa shape index (κ1) is 20.7. The Bertz CT molecular complexity index is 928. The lowest BCUT2D eigenvalue weighted by Crippen LogP contribution is -2.45. The molecule has 0 saturated carbocycles. The second-order valence-electron chi connectivity index (χ2n) is 7.51. The number of carbonyl (C=O) groups is 1. The van der Waals surface area contributed by atoms with Crippen molar-refractivity contribution in [1.29, 1.82) is 0 Å². The third-order valence-electron chi connectivity index (χ3n) is 4.80. The molecule has 0 aliphatic heterocycles. The van der Waals surface area contributed by atoms with Gasteiger partial charge in [0, 0.05) is 24.7 Å². The van der Waals surface area contributed by atoms with Crippen LogP contribution >= 0.6 is 0 Å². The number of benzene rings is 2. The number of nitrogens with zero attached hydrogens (tertiary/aromatic N) is 4. The maximum absolute atomic E-state index is 14.4. The number of hydrogen-bond acceptors (Lipinski definition) is 4. The summed E-state index contributed by atoms with van der Waals surface area (Å²) in [5.41, 5.74) is 1.75. The lowest BCUT2D eigenvalue weighted by Gasteiger charge is -2.28. The van der Waals surface area contributed by atoms with E-state index in [9.17, 15) is 9.18 Å². The van der Waals surface area contributed by atoms with E-state index in [-0.39, 0.29) is 29.1 Å². The van der Waals surface area contributed by atoms with E-state index in [1.165, 1.54) is 35.0 Å². The lowest BCUT2D eigenvalue weighted by molar-refractivity contribution is 0.0911. The second-order valence-corrected chi connectivity index (χ2v) is 7.51. The molecule has 1 N–H and O–H groups in total. The highest BCUT2D eigenvalue weighted by atomic mass is 19.1. The molecule has 3 rings (SSSR count). The normalized spacial score (nSPS) is 12.3. The van der Waals surface area contributed by atoms with Gasteiger partial charge in [-0.05, 0) is 36.7 Å². The number of halogens is 1. The highest BCUT2D eigenvalue weighted by Gasteiger charge is 2.20. The summed E-state index contributed by atoms with van der Waals surface area (Å²) >= 11 is 0. The molecular formula is C22H26FN5O. The number of nitrogens with one attached hydrogen (secondary N) is 1. The number of likely N-dealkylation sites (N-methyl/N-ethyl adjacent to an activating group) is 1. The van der Waals surface area contributed by atoms with Crippen LogP contribution in [0, 0.1) is 11.7 Å². The van der Waals surface area contributed by atoms with Gasteiger partial charge in [-0.1, -0.05) is 44.2 Å². The van der Waals surface area contributed by atoms with Crippen LogP contribution in [0.25, 0.3) is 5.69 Å². The average Bonchev–Trinajstić information content (AvgIpc) is 3.22. The van der Waals surface area contributed by atoms with Gasteiger partial charge in [-0.25, -0.2) is 14.1 Å². The molecule has 0 aliphatic rings. The first-order valence-corrected chi connectivity index (χ1v) is 9.62. The molecule has 1 unspecified atom stereocenters. The summed E-state index contributed by atoms with van der Waals surface area (Å²) in [6.45, 7) is 5.62. The van der Waals surface area contributed by atoms with Crippen molar-refractivity contribution in [3.8, 4) is 5.69 Å². The van der Waals surface area contributed by atoms with Crippen LogP contribution in [0.1, 0.15) is 29.8 Å². The molecular weight excluding hydrogens is 369 g/mol. The Kier molecular flexibility index (Phi) is 6.72. The van der Waals surface area contributed by atoms with Crippen LogP contribution in [0.3, 0.4) is 0 Å². The zero-order chi connectivity index (χ0) is 20.8. The fourth-order valence-corrected chi connectivity index (χ4v) is 3.14. The Morgan fingerprint density at radius 3 is 2.59 bits per heavy atom. The van der Waals surface area contributed by atoms with Gasteiger partial charge < -0.3 is 10.2 Å². The van der Waals surface area contributed by atoms with Crippen LogP contribution < -0.4 is 5.32 Å². The van der Waals surface area contributed by atoms with Gasteiger partial charge in [0.15, 0.2) is 0 Å². The van der Waals surface area contributed by atoms with E-state index in [2.05, 4.69) is 46.3 Å². The highest BCUT2D eigenvalue weighted by Crippen LogP contribution is 2.15. The minimum atomic E-state index is -0.523. The van der Waals surface area contributed by atoms with E-state index < -0.39 is 5.82 Å². The van der Waals surface area contributed by atoms with E-state index in [4.69, 9.17) is 0 Å². The molecule has 0 spiro atoms. The van der Waals surface area contributed by atoms with Crippen molar-refractivity contribution in [2.45, 2.75) is 26.4 Å². The summed E-state index contributed by atoms with van der Waals surface area (Å²) in [6, 6.07) is 14.5. The maximum Gasteiger partial charge on any atom is 0.251 e. The summed E-state index contributed by atoms with van der Waals surface area (Å²) in [5, 5.41) is 6.97. The molecule has 1 heterocycles. The molecule has 0 radical (unpaired) electrons. The monoisotopic (exact) mass is 395 g/mol. The quantitative estimate of drug-likeness (QED) is 0.636. The maximum atomic E-state index is 14.4. The summed E-state index contributed by atoms with van der Waals surface area (Å²) in [6.07, 6.45) is 2.74. The van der Waals surface area contributed by atoms with Crippen LogP contribution in [0.5, 0.6) is 0 Å². The van der Waals surface area contributed by atoms with E-state index in [0.717, 1.165) is 6.54 Å². The van der Waals surface area contributed by atoms with Crippen molar-refractivity contribution >= 4 is 5.91 Å². The van der Waals surface area contributed by atoms with Gasteiger partial charge >= 0.3 is 0 Å². The first-order valence-electron chi connectivity index (χ1n) is 9.62. The number of amides is 1. The molecule has 6 nitrogen and oxygen atoms in total. The largest absolute Gasteiger partial charge is 0.348 e. The smallest absolute Gasteiger partial charge is 0.251 e. The van der Waals surface area contributed by atoms with Crippen LogP contribution in [0.4, 0.5) is 4.39 Å². The molecule has 7 heteroatoms. The molecule has 3 aromatic rings. The van der Waals surface area contributed by atoms with E-state index in [0.29, 0.717) is 6.54 Å². The number of hydrogen-bond donors (Lipinski definition) is 1. The van der Waals surface area contributed by atoms with Gasteiger partial charge in [0.05, 0.1) is 0 Å². The first-order chi connectivity index (χ1) is 13.9. The fourth-order valence-electron chi connectivity index (χ4n) is 3.14. The van der Waals surface area contributed by atoms with Crippen molar-refractivity contribution in [2.75, 3.05) is 13.6 Å². The minimum absolute atomic E-state index is 0.0609. The molecule has 2 aromatic carbocycles. The molecule has 1 atom stereocenters. The molecule has 0 aliphatic carbocycles. The van der Waals surface area contributed by atoms with Crippen LogP contribution in [0.2, 0.25) is 0 Å². The topological polar surface area (TPSA) is 63.1 Å². The molecule has 29 heavy (non-hydrogen) atoms. The van der Waals surface area contributed by atoms with Gasteiger partial charge in [0.2, 0.25) is 0 Å². The van der Waals surface area contributed by atoms with Gasteiger partial charge in [-0.3, -0.25) is 4.79 Å². The Morgan fingerprint density at radius 1 is 1.21 bits per heavy atom. The summed E-state index contributed by atoms with van der Waals surface area (Å²) in [4.78, 5) is 18.7. The highest BCUT2D eigenvalue weighted by molar-refractivity contribution is 5.94. The number of aromatic nitrogens is 3. The molecule has 152 valence electrons. The van der Waals surface area contributed by atoms with E-state index in [1.807, 2.05) is 25.2 Å². The van der Waals surface area contributed by atoms with Crippen LogP contribution in [-0.4, -0.2) is 45.2 Å². The number of carbonyl (C=O) groups excluding carboxylic acids is 1. The third-order valence-corrected chi connectivity index (χ3v) is 4.80. The average molecular weight is 395 g/mol. The van der Waals surface area contributed by atoms with Crippen molar-refractivity contribution in [3.05, 3.63) is 78.1 Å². The number of rotatable bonds is 8. The standard InChI is InChI=1S/C22H26FN5O/c1-16(2)20(13-27(3)12-17-7-5-4-6-8-17)26-22(29)18-9-10-21(19(23)11-18)28-15-24-14-25-28/h4-11,14-16,20H,12-13H2,1-3H3,(H,26,29). The zero-order valence-corrected chi connectivity index (χ0v) is 16.9. The Morgan fingerprint density at radius 2 is 1.97 bits per heavy atom.